The first-order chi connectivity index (χ1) is 36.9. The number of amides is 1. The molecule has 77 heavy (non-hydrogen) atoms. The summed E-state index contributed by atoms with van der Waals surface area (Å²) in [6.45, 7) is 6.59. The number of carbonyl (C=O) groups is 2. The second-order valence-electron chi connectivity index (χ2n) is 17.5. The fraction of sp³-hybridized carbons (Fsp3) is 0.0847. The van der Waals surface area contributed by atoms with Crippen LogP contribution in [0.4, 0.5) is 17.2 Å². The van der Waals surface area contributed by atoms with E-state index < -0.39 is 10.0 Å². The van der Waals surface area contributed by atoms with Crippen LogP contribution in [0.3, 0.4) is 0 Å². The molecule has 0 unspecified atom stereocenters. The summed E-state index contributed by atoms with van der Waals surface area (Å²) in [4.78, 5) is 49.6. The van der Waals surface area contributed by atoms with Gasteiger partial charge in [-0.2, -0.15) is 4.57 Å². The van der Waals surface area contributed by atoms with Crippen LogP contribution in [0.5, 0.6) is 0 Å². The van der Waals surface area contributed by atoms with Gasteiger partial charge in [0.15, 0.2) is 0 Å². The number of thiophene rings is 2. The molecule has 4 N–H and O–H groups in total. The van der Waals surface area contributed by atoms with Gasteiger partial charge in [0.05, 0.1) is 32.2 Å². The van der Waals surface area contributed by atoms with Crippen molar-refractivity contribution in [2.45, 2.75) is 39.6 Å². The minimum atomic E-state index is -3.83. The lowest BCUT2D eigenvalue weighted by Crippen LogP contribution is -2.31. The minimum Gasteiger partial charge on any atom is -0.397 e. The van der Waals surface area contributed by atoms with Crippen molar-refractivity contribution in [1.82, 2.24) is 33.9 Å². The highest BCUT2D eigenvalue weighted by atomic mass is 32.2. The molecule has 0 saturated heterocycles. The first kappa shape index (κ1) is 52.6. The molecule has 7 heterocycles. The number of benzene rings is 5. The van der Waals surface area contributed by atoms with Crippen molar-refractivity contribution in [1.29, 1.82) is 0 Å². The smallest absolute Gasteiger partial charge is 0.270 e. The maximum atomic E-state index is 13.0. The van der Waals surface area contributed by atoms with Crippen molar-refractivity contribution in [2.75, 3.05) is 15.8 Å². The molecule has 18 heteroatoms. The predicted octanol–water partition coefficient (Wildman–Crippen LogP) is 11.9. The summed E-state index contributed by atoms with van der Waals surface area (Å²) in [7, 11) is -3.83. The number of hydrogen-bond donors (Lipinski definition) is 3. The number of pyridine rings is 1. The third-order valence-corrected chi connectivity index (χ3v) is 15.3. The summed E-state index contributed by atoms with van der Waals surface area (Å²) in [6.07, 6.45) is 11.2. The van der Waals surface area contributed by atoms with Crippen molar-refractivity contribution < 1.29 is 22.6 Å². The van der Waals surface area contributed by atoms with Gasteiger partial charge < -0.3 is 11.1 Å². The Balaban J connectivity index is 0.000000144. The van der Waals surface area contributed by atoms with E-state index in [1.807, 2.05) is 163 Å². The lowest BCUT2D eigenvalue weighted by molar-refractivity contribution is -0.687. The Kier molecular flexibility index (Phi) is 15.8. The zero-order chi connectivity index (χ0) is 52.8. The molecule has 0 aliphatic rings. The van der Waals surface area contributed by atoms with Crippen LogP contribution in [0.25, 0.3) is 44.1 Å². The number of carbonyl (C=O) groups excluding carboxylic acids is 2. The van der Waals surface area contributed by atoms with Crippen LogP contribution in [0.15, 0.2) is 205 Å². The van der Waals surface area contributed by atoms with E-state index in [0.717, 1.165) is 49.5 Å². The Morgan fingerprint density at radius 1 is 0.740 bits per heavy atom. The predicted molar refractivity (Wildman–Crippen MR) is 307 cm³/mol. The first-order valence-electron chi connectivity index (χ1n) is 23.8. The highest BCUT2D eigenvalue weighted by Crippen LogP contribution is 2.36. The topological polar surface area (TPSA) is 196 Å². The Labute approximate surface area is 453 Å². The van der Waals surface area contributed by atoms with E-state index in [2.05, 4.69) is 42.1 Å². The molecule has 0 radical (unpaired) electrons. The fourth-order valence-electron chi connectivity index (χ4n) is 8.27. The number of aryl methyl sites for hydroxylation is 3. The summed E-state index contributed by atoms with van der Waals surface area (Å²) in [5.74, 6) is 1.08. The third kappa shape index (κ3) is 12.0. The maximum Gasteiger partial charge on any atom is 0.270 e. The molecule has 12 aromatic rings. The summed E-state index contributed by atoms with van der Waals surface area (Å²) in [5.41, 5.74) is 15.4. The van der Waals surface area contributed by atoms with E-state index >= 15 is 0 Å². The van der Waals surface area contributed by atoms with E-state index in [1.165, 1.54) is 22.7 Å². The fourth-order valence-corrected chi connectivity index (χ4v) is 11.1. The molecule has 0 saturated carbocycles. The van der Waals surface area contributed by atoms with Gasteiger partial charge in [0.1, 0.15) is 28.6 Å². The standard InChI is InChI=1S/C24H20N5O2S.C18H14N4OS.C16H14N2OS.CH4/c30-32(31,20-11-5-2-6-12-20)27-23-24(26-22-14-8-7-13-21(22)25-23)29-16-15-28(18-29)17-19-9-3-1-4-10-19;1-12-5-6-13(15-11-22-8-3-7-19-18(22)21-15)10-14(12)20-17(23)16-4-2-9-24-16;1-9-8-10(2)18-16-12(9)13(17)15(20-16)14(19)11-6-4-3-5-7-11;/h1-16,18H,17H2,(H,25,27);2-11H,1H3,(H,20,23);3-8H,17H2,1-2H3;1H4/q+1;;;. The number of hydrogen-bond acceptors (Lipinski definition) is 12. The monoisotopic (exact) mass is 1070 g/mol. The summed E-state index contributed by atoms with van der Waals surface area (Å²) in [6, 6.07) is 48.3. The minimum absolute atomic E-state index is 0. The number of fused-ring (bicyclic) bond motifs is 3. The largest absolute Gasteiger partial charge is 0.397 e. The van der Waals surface area contributed by atoms with Gasteiger partial charge >= 0.3 is 0 Å². The Hall–Kier alpha value is -9.23. The average Bonchev–Trinajstić information content (AvgIpc) is 4.32. The van der Waals surface area contributed by atoms with Crippen molar-refractivity contribution in [3.05, 3.63) is 238 Å². The zero-order valence-corrected chi connectivity index (χ0v) is 43.7. The second kappa shape index (κ2) is 23.1. The van der Waals surface area contributed by atoms with Crippen LogP contribution >= 0.6 is 22.7 Å². The molecule has 0 bridgehead atoms. The number of sulfonamides is 1. The molecule has 384 valence electrons. The second-order valence-corrected chi connectivity index (χ2v) is 21.1. The van der Waals surface area contributed by atoms with E-state index in [4.69, 9.17) is 10.7 Å². The van der Waals surface area contributed by atoms with E-state index in [0.29, 0.717) is 50.2 Å². The van der Waals surface area contributed by atoms with Crippen LogP contribution in [-0.4, -0.2) is 54.0 Å². The third-order valence-electron chi connectivity index (χ3n) is 12.0. The quantitative estimate of drug-likeness (QED) is 0.0828. The van der Waals surface area contributed by atoms with Crippen LogP contribution in [-0.2, 0) is 16.6 Å². The van der Waals surface area contributed by atoms with Crippen molar-refractivity contribution in [3.63, 3.8) is 0 Å². The molecule has 1 amide bonds. The van der Waals surface area contributed by atoms with Crippen LogP contribution in [0.1, 0.15) is 54.7 Å². The molecule has 0 atom stereocenters. The Morgan fingerprint density at radius 3 is 2.16 bits per heavy atom. The molecule has 7 aromatic heterocycles. The molecule has 0 spiro atoms. The van der Waals surface area contributed by atoms with Crippen molar-refractivity contribution in [3.8, 4) is 17.1 Å². The van der Waals surface area contributed by atoms with Gasteiger partial charge in [0.25, 0.3) is 28.1 Å². The molecule has 5 aromatic carbocycles. The number of aromatic nitrogens is 8. The normalized spacial score (nSPS) is 11.0. The Bertz CT molecular complexity index is 4110. The van der Waals surface area contributed by atoms with Gasteiger partial charge in [-0.15, -0.1) is 22.7 Å². The molecule has 15 nitrogen and oxygen atoms in total. The summed E-state index contributed by atoms with van der Waals surface area (Å²) in [5, 5.41) is 5.77. The number of nitrogen functional groups attached to an aromatic ring is 1. The summed E-state index contributed by atoms with van der Waals surface area (Å²) >= 11 is 2.79. The zero-order valence-electron chi connectivity index (χ0n) is 41.3. The van der Waals surface area contributed by atoms with E-state index in [1.54, 1.807) is 59.3 Å². The van der Waals surface area contributed by atoms with Gasteiger partial charge in [0, 0.05) is 46.5 Å². The molecule has 0 fully saturated rings. The van der Waals surface area contributed by atoms with Crippen LogP contribution < -0.4 is 20.3 Å². The summed E-state index contributed by atoms with van der Waals surface area (Å²) < 4.78 is 34.2. The lowest BCUT2D eigenvalue weighted by atomic mass is 10.1. The number of anilines is 3. The van der Waals surface area contributed by atoms with Gasteiger partial charge in [-0.25, -0.2) is 37.9 Å². The van der Waals surface area contributed by atoms with Crippen molar-refractivity contribution >= 4 is 88.6 Å². The number of rotatable bonds is 11. The number of nitrogens with one attached hydrogen (secondary N) is 2. The molecular formula is C59H52N11O4S3+. The number of imidazole rings is 2. The highest BCUT2D eigenvalue weighted by Gasteiger charge is 2.24. The maximum absolute atomic E-state index is 13.0. The molecule has 12 rings (SSSR count). The van der Waals surface area contributed by atoms with E-state index in [-0.39, 0.29) is 29.8 Å². The van der Waals surface area contributed by atoms with Crippen molar-refractivity contribution in [2.24, 2.45) is 0 Å². The molecule has 0 aliphatic carbocycles. The SMILES string of the molecule is C.Cc1cc(C)c2c(N)c(C(=O)c3ccccc3)sc2n1.Cc1ccc(-c2cn3cccnc3n2)cc1NC(=O)c1cccs1.O=S(=O)(Nc1nc2ccccc2nc1-n1cc[n+](Cc2ccccc2)c1)c1ccccc1. The number of para-hydroxylation sites is 2. The van der Waals surface area contributed by atoms with Gasteiger partial charge in [-0.3, -0.25) is 18.7 Å². The number of nitrogens with two attached hydrogens (primary N) is 1. The van der Waals surface area contributed by atoms with E-state index in [9.17, 15) is 18.0 Å². The highest BCUT2D eigenvalue weighted by molar-refractivity contribution is 7.92. The number of nitrogens with zero attached hydrogens (tertiary/aromatic N) is 8. The van der Waals surface area contributed by atoms with Gasteiger partial charge in [-0.05, 0) is 91.4 Å². The molecular weight excluding hydrogens is 1020 g/mol. The lowest BCUT2D eigenvalue weighted by Gasteiger charge is -2.10. The number of ketones is 1. The van der Waals surface area contributed by atoms with Gasteiger partial charge in [0.2, 0.25) is 17.4 Å². The van der Waals surface area contributed by atoms with Crippen LogP contribution in [0, 0.1) is 20.8 Å². The van der Waals surface area contributed by atoms with Crippen LogP contribution in [0.2, 0.25) is 0 Å². The first-order valence-corrected chi connectivity index (χ1v) is 27.0. The van der Waals surface area contributed by atoms with Gasteiger partial charge in [-0.1, -0.05) is 117 Å². The Morgan fingerprint density at radius 2 is 1.44 bits per heavy atom. The average molecular weight is 1080 g/mol. The molecule has 0 aliphatic heterocycles.